The maximum absolute atomic E-state index is 13.2. The van der Waals surface area contributed by atoms with Gasteiger partial charge in [0.05, 0.1) is 25.2 Å². The quantitative estimate of drug-likeness (QED) is 0.0321. The molecule has 0 aromatic heterocycles. The molecule has 0 spiro atoms. The number of nitrogens with one attached hydrogen (secondary N) is 1. The molecule has 63 heavy (non-hydrogen) atoms. The standard InChI is InChI=1S/C57H109NO5/c1-4-7-10-13-16-19-22-25-28-30-33-36-39-42-45-48-53(63-57(62)50-47-44-41-38-35-32-29-26-23-20-17-14-11-8-5-2)51-56(61)58-54(52-59)55(60)49-46-43-40-37-34-31-27-24-21-18-15-12-9-6-3/h17,20,23,26,53-55,59-60H,4-16,18-19,21-22,24-25,27-52H2,1-3H3,(H,58,61)/b20-17+,26-23+. The van der Waals surface area contributed by atoms with Gasteiger partial charge in [0.15, 0.2) is 0 Å². The summed E-state index contributed by atoms with van der Waals surface area (Å²) < 4.78 is 5.95. The lowest BCUT2D eigenvalue weighted by Gasteiger charge is -2.24. The SMILES string of the molecule is CCCCC/C=C/C=C/CCCCCCCCC(=O)OC(CCCCCCCCCCCCCCCCC)CC(=O)NC(CO)C(O)CCCCCCCCCCCCCCCC. The highest BCUT2D eigenvalue weighted by Gasteiger charge is 2.24. The number of carbonyl (C=O) groups is 2. The zero-order valence-corrected chi connectivity index (χ0v) is 42.5. The second kappa shape index (κ2) is 51.3. The van der Waals surface area contributed by atoms with Crippen LogP contribution < -0.4 is 5.32 Å². The summed E-state index contributed by atoms with van der Waals surface area (Å²) in [5.74, 6) is -0.469. The number of allylic oxidation sites excluding steroid dienone is 4. The molecular formula is C57H109NO5. The van der Waals surface area contributed by atoms with Crippen LogP contribution in [0.5, 0.6) is 0 Å². The lowest BCUT2D eigenvalue weighted by molar-refractivity contribution is -0.151. The molecule has 3 atom stereocenters. The van der Waals surface area contributed by atoms with Gasteiger partial charge in [0, 0.05) is 6.42 Å². The molecule has 0 saturated carbocycles. The normalized spacial score (nSPS) is 13.3. The number of unbranched alkanes of at least 4 members (excludes halogenated alkanes) is 36. The molecule has 0 aliphatic carbocycles. The van der Waals surface area contributed by atoms with Crippen molar-refractivity contribution in [3.05, 3.63) is 24.3 Å². The number of carbonyl (C=O) groups excluding carboxylic acids is 2. The van der Waals surface area contributed by atoms with Gasteiger partial charge in [-0.2, -0.15) is 0 Å². The van der Waals surface area contributed by atoms with Gasteiger partial charge in [-0.3, -0.25) is 9.59 Å². The maximum Gasteiger partial charge on any atom is 0.306 e. The predicted octanol–water partition coefficient (Wildman–Crippen LogP) is 17.1. The molecule has 0 heterocycles. The van der Waals surface area contributed by atoms with E-state index in [2.05, 4.69) is 50.4 Å². The molecule has 0 bridgehead atoms. The number of rotatable bonds is 51. The van der Waals surface area contributed by atoms with Crippen molar-refractivity contribution in [1.82, 2.24) is 5.32 Å². The minimum absolute atomic E-state index is 0.0789. The van der Waals surface area contributed by atoms with E-state index in [1.54, 1.807) is 0 Å². The van der Waals surface area contributed by atoms with Crippen LogP contribution >= 0.6 is 0 Å². The first-order valence-electron chi connectivity index (χ1n) is 28.1. The highest BCUT2D eigenvalue weighted by molar-refractivity contribution is 5.77. The van der Waals surface area contributed by atoms with Crippen molar-refractivity contribution >= 4 is 11.9 Å². The number of hydrogen-bond donors (Lipinski definition) is 3. The minimum atomic E-state index is -0.786. The molecule has 0 saturated heterocycles. The van der Waals surface area contributed by atoms with Gasteiger partial charge >= 0.3 is 5.97 Å². The van der Waals surface area contributed by atoms with Crippen LogP contribution in [0.3, 0.4) is 0 Å². The van der Waals surface area contributed by atoms with Crippen LogP contribution in [-0.4, -0.2) is 46.9 Å². The molecule has 372 valence electrons. The smallest absolute Gasteiger partial charge is 0.306 e. The Kier molecular flexibility index (Phi) is 50.0. The number of amides is 1. The maximum atomic E-state index is 13.2. The third-order valence-electron chi connectivity index (χ3n) is 13.1. The Balaban J connectivity index is 4.55. The fourth-order valence-electron chi connectivity index (χ4n) is 8.78. The van der Waals surface area contributed by atoms with Crippen LogP contribution in [0.1, 0.15) is 303 Å². The monoisotopic (exact) mass is 888 g/mol. The molecule has 3 unspecified atom stereocenters. The first kappa shape index (κ1) is 61.3. The van der Waals surface area contributed by atoms with Gasteiger partial charge in [-0.15, -0.1) is 0 Å². The topological polar surface area (TPSA) is 95.9 Å². The van der Waals surface area contributed by atoms with Crippen molar-refractivity contribution in [2.45, 2.75) is 322 Å². The van der Waals surface area contributed by atoms with E-state index in [1.807, 2.05) is 0 Å². The van der Waals surface area contributed by atoms with E-state index in [1.165, 1.54) is 205 Å². The van der Waals surface area contributed by atoms with Crippen LogP contribution in [0.25, 0.3) is 0 Å². The van der Waals surface area contributed by atoms with Gasteiger partial charge in [0.1, 0.15) is 6.10 Å². The van der Waals surface area contributed by atoms with Crippen molar-refractivity contribution in [2.24, 2.45) is 0 Å². The van der Waals surface area contributed by atoms with Gasteiger partial charge < -0.3 is 20.3 Å². The predicted molar refractivity (Wildman–Crippen MR) is 273 cm³/mol. The molecule has 0 aromatic rings. The summed E-state index contributed by atoms with van der Waals surface area (Å²) in [7, 11) is 0. The van der Waals surface area contributed by atoms with Crippen molar-refractivity contribution in [1.29, 1.82) is 0 Å². The Morgan fingerprint density at radius 2 is 0.794 bits per heavy atom. The van der Waals surface area contributed by atoms with Gasteiger partial charge in [-0.1, -0.05) is 263 Å². The Hall–Kier alpha value is -1.66. The minimum Gasteiger partial charge on any atom is -0.462 e. The summed E-state index contributed by atoms with van der Waals surface area (Å²) in [5.41, 5.74) is 0. The molecule has 6 heteroatoms. The summed E-state index contributed by atoms with van der Waals surface area (Å²) in [6.45, 7) is 6.49. The van der Waals surface area contributed by atoms with Crippen LogP contribution in [0.15, 0.2) is 24.3 Å². The van der Waals surface area contributed by atoms with Gasteiger partial charge in [0.2, 0.25) is 5.91 Å². The fraction of sp³-hybridized carbons (Fsp3) is 0.895. The summed E-state index contributed by atoms with van der Waals surface area (Å²) in [6.07, 6.45) is 59.5. The van der Waals surface area contributed by atoms with Crippen molar-refractivity contribution in [2.75, 3.05) is 6.61 Å². The van der Waals surface area contributed by atoms with E-state index >= 15 is 0 Å². The van der Waals surface area contributed by atoms with Crippen molar-refractivity contribution in [3.8, 4) is 0 Å². The lowest BCUT2D eigenvalue weighted by atomic mass is 10.0. The zero-order chi connectivity index (χ0) is 45.9. The van der Waals surface area contributed by atoms with Gasteiger partial charge in [0.25, 0.3) is 0 Å². The molecule has 6 nitrogen and oxygen atoms in total. The fourth-order valence-corrected chi connectivity index (χ4v) is 8.78. The van der Waals surface area contributed by atoms with Crippen LogP contribution in [-0.2, 0) is 14.3 Å². The van der Waals surface area contributed by atoms with Crippen LogP contribution in [0, 0.1) is 0 Å². The second-order valence-corrected chi connectivity index (χ2v) is 19.4. The van der Waals surface area contributed by atoms with Crippen molar-refractivity contribution in [3.63, 3.8) is 0 Å². The first-order chi connectivity index (χ1) is 31.0. The summed E-state index contributed by atoms with van der Waals surface area (Å²) >= 11 is 0. The summed E-state index contributed by atoms with van der Waals surface area (Å²) in [4.78, 5) is 26.2. The highest BCUT2D eigenvalue weighted by atomic mass is 16.5. The van der Waals surface area contributed by atoms with E-state index in [0.29, 0.717) is 19.3 Å². The Labute approximate surface area is 392 Å². The Morgan fingerprint density at radius 3 is 1.21 bits per heavy atom. The van der Waals surface area contributed by atoms with Crippen molar-refractivity contribution < 1.29 is 24.5 Å². The average Bonchev–Trinajstić information content (AvgIpc) is 3.28. The van der Waals surface area contributed by atoms with E-state index in [-0.39, 0.29) is 24.9 Å². The molecular weight excluding hydrogens is 779 g/mol. The van der Waals surface area contributed by atoms with E-state index in [0.717, 1.165) is 51.4 Å². The number of aliphatic hydroxyl groups is 2. The molecule has 0 aliphatic rings. The number of esters is 1. The molecule has 0 fully saturated rings. The third kappa shape index (κ3) is 46.7. The number of hydrogen-bond acceptors (Lipinski definition) is 5. The van der Waals surface area contributed by atoms with Gasteiger partial charge in [-0.25, -0.2) is 0 Å². The average molecular weight is 889 g/mol. The molecule has 0 aliphatic heterocycles. The molecule has 1 amide bonds. The largest absolute Gasteiger partial charge is 0.462 e. The Morgan fingerprint density at radius 1 is 0.460 bits per heavy atom. The molecule has 0 radical (unpaired) electrons. The highest BCUT2D eigenvalue weighted by Crippen LogP contribution is 2.19. The number of ether oxygens (including phenoxy) is 1. The lowest BCUT2D eigenvalue weighted by Crippen LogP contribution is -2.46. The first-order valence-corrected chi connectivity index (χ1v) is 28.1. The van der Waals surface area contributed by atoms with E-state index in [4.69, 9.17) is 4.74 Å². The Bertz CT molecular complexity index is 997. The third-order valence-corrected chi connectivity index (χ3v) is 13.1. The van der Waals surface area contributed by atoms with Crippen LogP contribution in [0.4, 0.5) is 0 Å². The number of aliphatic hydroxyl groups excluding tert-OH is 2. The van der Waals surface area contributed by atoms with Gasteiger partial charge in [-0.05, 0) is 51.4 Å². The summed E-state index contributed by atoms with van der Waals surface area (Å²) in [5, 5.41) is 23.9. The molecule has 0 aromatic carbocycles. The zero-order valence-electron chi connectivity index (χ0n) is 42.5. The summed E-state index contributed by atoms with van der Waals surface area (Å²) in [6, 6.07) is -0.699. The second-order valence-electron chi connectivity index (χ2n) is 19.4. The van der Waals surface area contributed by atoms with E-state index in [9.17, 15) is 19.8 Å². The van der Waals surface area contributed by atoms with E-state index < -0.39 is 18.2 Å². The molecule has 3 N–H and O–H groups in total. The molecule has 0 rings (SSSR count). The van der Waals surface area contributed by atoms with Crippen LogP contribution in [0.2, 0.25) is 0 Å².